The number of aromatic amines is 1. The van der Waals surface area contributed by atoms with Gasteiger partial charge in [0.25, 0.3) is 5.91 Å². The first-order valence-corrected chi connectivity index (χ1v) is 26.3. The zero-order valence-electron chi connectivity index (χ0n) is 43.3. The number of H-pyrrole nitrogens is 1. The molecule has 0 aliphatic carbocycles. The Balaban J connectivity index is 0.839. The maximum Gasteiger partial charge on any atom is 0.417 e. The number of aliphatic hydroxyl groups is 1. The minimum Gasteiger partial charge on any atom is -0.391 e. The van der Waals surface area contributed by atoms with Crippen molar-refractivity contribution in [2.45, 2.75) is 84.4 Å². The lowest BCUT2D eigenvalue weighted by molar-refractivity contribution is -0.144. The molecule has 0 bridgehead atoms. The fraction of sp³-hybridized carbons (Fsp3) is 0.436. The second kappa shape index (κ2) is 23.5. The summed E-state index contributed by atoms with van der Waals surface area (Å²) in [5.41, 5.74) is 4.36. The Hall–Kier alpha value is -6.94. The molecule has 3 fully saturated rings. The summed E-state index contributed by atoms with van der Waals surface area (Å²) in [5, 5.41) is 19.1. The summed E-state index contributed by atoms with van der Waals surface area (Å²) < 4.78 is 41.9. The fourth-order valence-corrected chi connectivity index (χ4v) is 10.7. The summed E-state index contributed by atoms with van der Waals surface area (Å²) >= 11 is 1.55. The Bertz CT molecular complexity index is 2980. The quantitative estimate of drug-likeness (QED) is 0.0857. The van der Waals surface area contributed by atoms with Crippen LogP contribution in [0.1, 0.15) is 72.8 Å². The number of thiazole rings is 1. The van der Waals surface area contributed by atoms with Gasteiger partial charge >= 0.3 is 6.18 Å². The van der Waals surface area contributed by atoms with Crippen molar-refractivity contribution < 1.29 is 42.3 Å². The Morgan fingerprint density at radius 1 is 0.855 bits per heavy atom. The van der Waals surface area contributed by atoms with Gasteiger partial charge in [0.2, 0.25) is 29.2 Å². The molecule has 8 rings (SSSR count). The Morgan fingerprint density at radius 3 is 2.22 bits per heavy atom. The highest BCUT2D eigenvalue weighted by molar-refractivity contribution is 7.13. The minimum absolute atomic E-state index is 0.0549. The van der Waals surface area contributed by atoms with E-state index < -0.39 is 70.1 Å². The summed E-state index contributed by atoms with van der Waals surface area (Å²) in [6.45, 7) is 12.9. The minimum atomic E-state index is -4.93. The largest absolute Gasteiger partial charge is 0.417 e. The van der Waals surface area contributed by atoms with Crippen LogP contribution in [0.2, 0.25) is 0 Å². The summed E-state index contributed by atoms with van der Waals surface area (Å²) in [6.07, 6.45) is -5.23. The highest BCUT2D eigenvalue weighted by atomic mass is 32.1. The molecule has 0 saturated carbocycles. The van der Waals surface area contributed by atoms with E-state index in [0.717, 1.165) is 57.7 Å². The van der Waals surface area contributed by atoms with Gasteiger partial charge in [-0.15, -0.1) is 11.3 Å². The standard InChI is InChI=1S/C55H65F3N10O7S/c1-34-49(76-33-61-34)37-11-9-35(10-12-37)29-60-52(74)45-27-40(69)32-68(45)53(75)50(54(2,3)4)63-46(70)15-16-48(72)67-23-19-65(20-24-67)31-36-7-6-8-38(25-36)39-13-14-44(66-21-17-64(5)18-22-66)43(26-39)62-51(73)41-30-59-47(71)28-42(41)55(56,57)58/h6-14,25-26,28,30,33,40,45,50,69H,15-24,27,29,31-32H2,1-5H3,(H,59,71)(H,60,74)(H,62,73)(H,63,70). The van der Waals surface area contributed by atoms with Crippen LogP contribution in [-0.2, 0) is 38.4 Å². The lowest BCUT2D eigenvalue weighted by Crippen LogP contribution is -2.57. The van der Waals surface area contributed by atoms with E-state index in [9.17, 15) is 47.0 Å². The molecule has 404 valence electrons. The van der Waals surface area contributed by atoms with Crippen LogP contribution in [0.5, 0.6) is 0 Å². The van der Waals surface area contributed by atoms with Crippen molar-refractivity contribution in [1.82, 2.24) is 40.2 Å². The van der Waals surface area contributed by atoms with Gasteiger partial charge in [-0.3, -0.25) is 33.7 Å². The number of amides is 5. The van der Waals surface area contributed by atoms with E-state index >= 15 is 0 Å². The van der Waals surface area contributed by atoms with Gasteiger partial charge in [0.1, 0.15) is 12.1 Å². The monoisotopic (exact) mass is 1070 g/mol. The van der Waals surface area contributed by atoms with Gasteiger partial charge in [0.15, 0.2) is 0 Å². The number of anilines is 2. The summed E-state index contributed by atoms with van der Waals surface area (Å²) in [5.74, 6) is -2.58. The van der Waals surface area contributed by atoms with Crippen molar-refractivity contribution in [3.8, 4) is 21.6 Å². The van der Waals surface area contributed by atoms with Crippen LogP contribution >= 0.6 is 11.3 Å². The van der Waals surface area contributed by atoms with Gasteiger partial charge in [0.05, 0.1) is 44.7 Å². The number of nitrogens with one attached hydrogen (secondary N) is 4. The number of carbonyl (C=O) groups excluding carboxylic acids is 5. The number of piperazine rings is 2. The predicted octanol–water partition coefficient (Wildman–Crippen LogP) is 5.73. The number of likely N-dealkylation sites (tertiary alicyclic amines) is 1. The maximum absolute atomic E-state index is 14.2. The molecule has 17 nitrogen and oxygen atoms in total. The molecule has 5 N–H and O–H groups in total. The van der Waals surface area contributed by atoms with Crippen molar-refractivity contribution >= 4 is 52.2 Å². The van der Waals surface area contributed by atoms with Gasteiger partial charge in [-0.1, -0.05) is 69.3 Å². The van der Waals surface area contributed by atoms with Gasteiger partial charge in [0, 0.05) is 104 Å². The summed E-state index contributed by atoms with van der Waals surface area (Å²) in [4.78, 5) is 97.1. The number of aromatic nitrogens is 2. The molecule has 76 heavy (non-hydrogen) atoms. The average molecular weight is 1070 g/mol. The molecular formula is C55H65F3N10O7S. The lowest BCUT2D eigenvalue weighted by Gasteiger charge is -2.36. The molecule has 2 aromatic heterocycles. The predicted molar refractivity (Wildman–Crippen MR) is 284 cm³/mol. The summed E-state index contributed by atoms with van der Waals surface area (Å²) in [7, 11) is 2.00. The van der Waals surface area contributed by atoms with Crippen LogP contribution < -0.4 is 26.4 Å². The van der Waals surface area contributed by atoms with E-state index in [1.54, 1.807) is 48.6 Å². The summed E-state index contributed by atoms with van der Waals surface area (Å²) in [6, 6.07) is 19.5. The number of aliphatic hydroxyl groups excluding tert-OH is 1. The first-order valence-electron chi connectivity index (χ1n) is 25.4. The Morgan fingerprint density at radius 2 is 1.55 bits per heavy atom. The number of benzene rings is 3. The van der Waals surface area contributed by atoms with Gasteiger partial charge < -0.3 is 45.6 Å². The van der Waals surface area contributed by atoms with Crippen molar-refractivity contribution in [2.75, 3.05) is 76.2 Å². The van der Waals surface area contributed by atoms with Gasteiger partial charge in [-0.05, 0) is 65.4 Å². The highest BCUT2D eigenvalue weighted by Crippen LogP contribution is 2.36. The number of aryl methyl sites for hydroxylation is 1. The number of hydrogen-bond acceptors (Lipinski definition) is 12. The molecular weight excluding hydrogens is 1000 g/mol. The molecule has 3 aliphatic rings. The number of rotatable bonds is 15. The third kappa shape index (κ3) is 13.5. The van der Waals surface area contributed by atoms with Crippen molar-refractivity contribution in [2.24, 2.45) is 5.41 Å². The maximum atomic E-state index is 14.2. The topological polar surface area (TPSA) is 204 Å². The van der Waals surface area contributed by atoms with Crippen LogP contribution in [0.15, 0.2) is 89.3 Å². The third-order valence-corrected chi connectivity index (χ3v) is 15.2. The molecule has 3 saturated heterocycles. The Labute approximate surface area is 443 Å². The fourth-order valence-electron chi connectivity index (χ4n) is 9.88. The van der Waals surface area contributed by atoms with Crippen LogP contribution in [0.4, 0.5) is 24.5 Å². The number of likely N-dealkylation sites (N-methyl/N-ethyl adjacent to an activating group) is 1. The van der Waals surface area contributed by atoms with E-state index in [1.165, 1.54) is 4.90 Å². The SMILES string of the molecule is Cc1ncsc1-c1ccc(CNC(=O)C2CC(O)CN2C(=O)C(NC(=O)CCC(=O)N2CCN(Cc3cccc(-c4ccc(N5CCN(C)CC5)c(NC(=O)c5c[nH]c(=O)cc5C(F)(F)F)c4)c3)CC2)C(C)(C)C)cc1. The molecule has 3 aromatic carbocycles. The average Bonchev–Trinajstić information content (AvgIpc) is 4.02. The first kappa shape index (κ1) is 55.3. The number of β-amino-alcohol motifs (C(OH)–C–C–N with tert-alkyl or cyclic N) is 1. The van der Waals surface area contributed by atoms with Crippen LogP contribution in [0, 0.1) is 12.3 Å². The number of alkyl halides is 3. The van der Waals surface area contributed by atoms with E-state index in [1.807, 2.05) is 74.6 Å². The second-order valence-electron chi connectivity index (χ2n) is 20.9. The van der Waals surface area contributed by atoms with E-state index in [-0.39, 0.29) is 38.3 Å². The lowest BCUT2D eigenvalue weighted by atomic mass is 9.85. The van der Waals surface area contributed by atoms with E-state index in [0.29, 0.717) is 63.3 Å². The van der Waals surface area contributed by atoms with Crippen molar-refractivity contribution in [3.63, 3.8) is 0 Å². The number of carbonyl (C=O) groups is 5. The molecule has 21 heteroatoms. The van der Waals surface area contributed by atoms with E-state index in [2.05, 4.69) is 40.6 Å². The van der Waals surface area contributed by atoms with Gasteiger partial charge in [-0.25, -0.2) is 4.98 Å². The van der Waals surface area contributed by atoms with Crippen LogP contribution in [0.3, 0.4) is 0 Å². The Kier molecular flexibility index (Phi) is 17.1. The van der Waals surface area contributed by atoms with Crippen LogP contribution in [-0.4, -0.2) is 148 Å². The molecule has 3 unspecified atom stereocenters. The smallest absolute Gasteiger partial charge is 0.391 e. The van der Waals surface area contributed by atoms with Crippen molar-refractivity contribution in [3.05, 3.63) is 123 Å². The molecule has 0 spiro atoms. The number of pyridine rings is 1. The van der Waals surface area contributed by atoms with Crippen molar-refractivity contribution in [1.29, 1.82) is 0 Å². The molecule has 0 radical (unpaired) electrons. The molecule has 5 amide bonds. The highest BCUT2D eigenvalue weighted by Gasteiger charge is 2.44. The third-order valence-electron chi connectivity index (χ3n) is 14.2. The zero-order chi connectivity index (χ0) is 54.5. The molecule has 5 heterocycles. The molecule has 3 aliphatic heterocycles. The second-order valence-corrected chi connectivity index (χ2v) is 21.8. The first-order chi connectivity index (χ1) is 36.1. The molecule has 3 atom stereocenters. The number of halogens is 3. The normalized spacial score (nSPS) is 18.1. The number of nitrogens with zero attached hydrogens (tertiary/aromatic N) is 6. The van der Waals surface area contributed by atoms with E-state index in [4.69, 9.17) is 0 Å². The van der Waals surface area contributed by atoms with Crippen LogP contribution in [0.25, 0.3) is 21.6 Å². The molecule has 5 aromatic rings. The number of hydrogen-bond donors (Lipinski definition) is 5. The zero-order valence-corrected chi connectivity index (χ0v) is 44.2. The van der Waals surface area contributed by atoms with Gasteiger partial charge in [-0.2, -0.15) is 13.2 Å².